The molecule has 3 nitrogen and oxygen atoms in total. The Balaban J connectivity index is 2.34. The van der Waals surface area contributed by atoms with Gasteiger partial charge in [0.05, 0.1) is 17.2 Å². The SMILES string of the molecule is N#Cc1cccc(Oc2cc(N)cc(C(F)(F)F)c2)c1. The number of hydrogen-bond donors (Lipinski definition) is 1. The van der Waals surface area contributed by atoms with Gasteiger partial charge in [0.15, 0.2) is 0 Å². The number of rotatable bonds is 2. The molecule has 0 aliphatic heterocycles. The first-order valence-electron chi connectivity index (χ1n) is 5.54. The molecule has 0 heterocycles. The highest BCUT2D eigenvalue weighted by atomic mass is 19.4. The molecule has 0 aliphatic rings. The van der Waals surface area contributed by atoms with E-state index in [0.29, 0.717) is 5.56 Å². The Morgan fingerprint density at radius 2 is 1.80 bits per heavy atom. The summed E-state index contributed by atoms with van der Waals surface area (Å²) < 4.78 is 43.3. The summed E-state index contributed by atoms with van der Waals surface area (Å²) >= 11 is 0. The predicted octanol–water partition coefficient (Wildman–Crippen LogP) is 3.95. The Labute approximate surface area is 113 Å². The number of nitrogen functional groups attached to an aromatic ring is 1. The summed E-state index contributed by atoms with van der Waals surface area (Å²) in [6.07, 6.45) is -4.50. The maximum Gasteiger partial charge on any atom is 0.416 e. The third-order valence-corrected chi connectivity index (χ3v) is 2.46. The van der Waals surface area contributed by atoms with Crippen molar-refractivity contribution in [3.05, 3.63) is 53.6 Å². The molecule has 0 saturated heterocycles. The van der Waals surface area contributed by atoms with Crippen LogP contribution in [0, 0.1) is 11.3 Å². The predicted molar refractivity (Wildman–Crippen MR) is 67.1 cm³/mol. The molecule has 0 fully saturated rings. The standard InChI is InChI=1S/C14H9F3N2O/c15-14(16,17)10-5-11(19)7-13(6-10)20-12-3-1-2-9(4-12)8-18/h1-7H,19H2. The van der Waals surface area contributed by atoms with Crippen LogP contribution in [0.2, 0.25) is 0 Å². The number of nitrogens with two attached hydrogens (primary N) is 1. The summed E-state index contributed by atoms with van der Waals surface area (Å²) in [6, 6.07) is 11.0. The van der Waals surface area contributed by atoms with Gasteiger partial charge in [-0.15, -0.1) is 0 Å². The van der Waals surface area contributed by atoms with E-state index in [2.05, 4.69) is 0 Å². The average Bonchev–Trinajstić information content (AvgIpc) is 2.37. The first kappa shape index (κ1) is 13.7. The molecule has 2 aromatic rings. The second kappa shape index (κ2) is 5.13. The fourth-order valence-electron chi connectivity index (χ4n) is 1.61. The average molecular weight is 278 g/mol. The lowest BCUT2D eigenvalue weighted by molar-refractivity contribution is -0.137. The molecule has 2 N–H and O–H groups in total. The quantitative estimate of drug-likeness (QED) is 0.846. The highest BCUT2D eigenvalue weighted by molar-refractivity contribution is 5.50. The Bertz CT molecular complexity index is 675. The highest BCUT2D eigenvalue weighted by Crippen LogP contribution is 2.34. The Kier molecular flexibility index (Phi) is 3.53. The van der Waals surface area contributed by atoms with Crippen LogP contribution in [0.4, 0.5) is 18.9 Å². The molecule has 0 spiro atoms. The van der Waals surface area contributed by atoms with Crippen molar-refractivity contribution in [1.29, 1.82) is 5.26 Å². The molecule has 2 aromatic carbocycles. The van der Waals surface area contributed by atoms with Crippen molar-refractivity contribution in [3.8, 4) is 17.6 Å². The number of hydrogen-bond acceptors (Lipinski definition) is 3. The first-order chi connectivity index (χ1) is 9.38. The Morgan fingerprint density at radius 1 is 1.05 bits per heavy atom. The summed E-state index contributed by atoms with van der Waals surface area (Å²) in [4.78, 5) is 0. The van der Waals surface area contributed by atoms with Gasteiger partial charge in [-0.25, -0.2) is 0 Å². The number of halogens is 3. The Hall–Kier alpha value is -2.68. The topological polar surface area (TPSA) is 59.0 Å². The van der Waals surface area contributed by atoms with Crippen LogP contribution in [-0.4, -0.2) is 0 Å². The minimum absolute atomic E-state index is 0.0348. The number of benzene rings is 2. The second-order valence-corrected chi connectivity index (χ2v) is 4.03. The number of ether oxygens (including phenoxy) is 1. The minimum Gasteiger partial charge on any atom is -0.457 e. The maximum atomic E-state index is 12.7. The monoisotopic (exact) mass is 278 g/mol. The lowest BCUT2D eigenvalue weighted by atomic mass is 10.2. The molecule has 6 heteroatoms. The molecular formula is C14H9F3N2O. The van der Waals surface area contributed by atoms with Gasteiger partial charge in [0.2, 0.25) is 0 Å². The van der Waals surface area contributed by atoms with Gasteiger partial charge < -0.3 is 10.5 Å². The number of alkyl halides is 3. The van der Waals surface area contributed by atoms with Crippen LogP contribution in [0.15, 0.2) is 42.5 Å². The highest BCUT2D eigenvalue weighted by Gasteiger charge is 2.31. The molecule has 0 unspecified atom stereocenters. The summed E-state index contributed by atoms with van der Waals surface area (Å²) in [5, 5.41) is 8.75. The third-order valence-electron chi connectivity index (χ3n) is 2.46. The van der Waals surface area contributed by atoms with Crippen molar-refractivity contribution in [2.75, 3.05) is 5.73 Å². The van der Waals surface area contributed by atoms with E-state index in [1.807, 2.05) is 6.07 Å². The van der Waals surface area contributed by atoms with Gasteiger partial charge in [-0.2, -0.15) is 18.4 Å². The molecule has 0 amide bonds. The molecule has 0 radical (unpaired) electrons. The van der Waals surface area contributed by atoms with E-state index in [1.54, 1.807) is 12.1 Å². The number of anilines is 1. The van der Waals surface area contributed by atoms with Crippen LogP contribution in [0.3, 0.4) is 0 Å². The van der Waals surface area contributed by atoms with Gasteiger partial charge in [-0.1, -0.05) is 6.07 Å². The summed E-state index contributed by atoms with van der Waals surface area (Å²) in [5.41, 5.74) is 4.85. The van der Waals surface area contributed by atoms with E-state index in [-0.39, 0.29) is 17.2 Å². The van der Waals surface area contributed by atoms with E-state index in [9.17, 15) is 13.2 Å². The number of nitriles is 1. The van der Waals surface area contributed by atoms with Crippen LogP contribution in [-0.2, 0) is 6.18 Å². The van der Waals surface area contributed by atoms with Gasteiger partial charge in [0.1, 0.15) is 11.5 Å². The van der Waals surface area contributed by atoms with Crippen molar-refractivity contribution >= 4 is 5.69 Å². The van der Waals surface area contributed by atoms with Crippen molar-refractivity contribution in [2.24, 2.45) is 0 Å². The zero-order valence-corrected chi connectivity index (χ0v) is 10.1. The summed E-state index contributed by atoms with van der Waals surface area (Å²) in [6.45, 7) is 0. The zero-order valence-electron chi connectivity index (χ0n) is 10.1. The van der Waals surface area contributed by atoms with E-state index < -0.39 is 11.7 Å². The van der Waals surface area contributed by atoms with Gasteiger partial charge in [0.25, 0.3) is 0 Å². The van der Waals surface area contributed by atoms with Crippen molar-refractivity contribution in [3.63, 3.8) is 0 Å². The van der Waals surface area contributed by atoms with E-state index in [4.69, 9.17) is 15.7 Å². The molecule has 0 aliphatic carbocycles. The molecule has 0 atom stereocenters. The lowest BCUT2D eigenvalue weighted by Crippen LogP contribution is -2.06. The fourth-order valence-corrected chi connectivity index (χ4v) is 1.61. The summed E-state index contributed by atoms with van der Waals surface area (Å²) in [5.74, 6) is 0.232. The van der Waals surface area contributed by atoms with Crippen LogP contribution in [0.1, 0.15) is 11.1 Å². The molecule has 102 valence electrons. The van der Waals surface area contributed by atoms with Crippen LogP contribution in [0.5, 0.6) is 11.5 Å². The van der Waals surface area contributed by atoms with Gasteiger partial charge >= 0.3 is 6.18 Å². The van der Waals surface area contributed by atoms with E-state index in [0.717, 1.165) is 12.1 Å². The minimum atomic E-state index is -4.50. The molecular weight excluding hydrogens is 269 g/mol. The second-order valence-electron chi connectivity index (χ2n) is 4.03. The van der Waals surface area contributed by atoms with Crippen molar-refractivity contribution in [2.45, 2.75) is 6.18 Å². The molecule has 0 aromatic heterocycles. The third kappa shape index (κ3) is 3.20. The van der Waals surface area contributed by atoms with E-state index in [1.165, 1.54) is 18.2 Å². The largest absolute Gasteiger partial charge is 0.457 e. The fraction of sp³-hybridized carbons (Fsp3) is 0.0714. The van der Waals surface area contributed by atoms with Crippen LogP contribution >= 0.6 is 0 Å². The molecule has 0 bridgehead atoms. The van der Waals surface area contributed by atoms with Gasteiger partial charge in [-0.3, -0.25) is 0 Å². The molecule has 0 saturated carbocycles. The lowest BCUT2D eigenvalue weighted by Gasteiger charge is -2.11. The molecule has 2 rings (SSSR count). The summed E-state index contributed by atoms with van der Waals surface area (Å²) in [7, 11) is 0. The normalized spacial score (nSPS) is 10.9. The van der Waals surface area contributed by atoms with E-state index >= 15 is 0 Å². The number of nitrogens with zero attached hydrogens (tertiary/aromatic N) is 1. The molecule has 20 heavy (non-hydrogen) atoms. The van der Waals surface area contributed by atoms with Gasteiger partial charge in [0, 0.05) is 11.8 Å². The van der Waals surface area contributed by atoms with Crippen LogP contribution in [0.25, 0.3) is 0 Å². The zero-order chi connectivity index (χ0) is 14.8. The Morgan fingerprint density at radius 3 is 2.45 bits per heavy atom. The smallest absolute Gasteiger partial charge is 0.416 e. The van der Waals surface area contributed by atoms with Crippen molar-refractivity contribution < 1.29 is 17.9 Å². The van der Waals surface area contributed by atoms with Gasteiger partial charge in [-0.05, 0) is 30.3 Å². The maximum absolute atomic E-state index is 12.7. The van der Waals surface area contributed by atoms with Crippen molar-refractivity contribution in [1.82, 2.24) is 0 Å². The first-order valence-corrected chi connectivity index (χ1v) is 5.54. The van der Waals surface area contributed by atoms with Crippen LogP contribution < -0.4 is 10.5 Å².